The van der Waals surface area contributed by atoms with Crippen LogP contribution in [-0.4, -0.2) is 15.9 Å². The van der Waals surface area contributed by atoms with Crippen molar-refractivity contribution in [2.75, 3.05) is 5.32 Å². The van der Waals surface area contributed by atoms with E-state index in [2.05, 4.69) is 15.3 Å². The Labute approximate surface area is 173 Å². The van der Waals surface area contributed by atoms with Gasteiger partial charge in [-0.2, -0.15) is 5.26 Å². The van der Waals surface area contributed by atoms with Crippen molar-refractivity contribution in [1.82, 2.24) is 9.97 Å². The van der Waals surface area contributed by atoms with Gasteiger partial charge in [-0.25, -0.2) is 9.97 Å². The van der Waals surface area contributed by atoms with Gasteiger partial charge < -0.3 is 9.73 Å². The standard InChI is InChI=1S/C22H20N4O2S/c1-13-5-6-14(2)19(9-13)26-21(27)17(12-23)11-18-7-8-20(28-18)29-22-24-15(3)10-16(4)25-22/h5-11H,1-4H3,(H,26,27)/b17-11-. The van der Waals surface area contributed by atoms with Crippen molar-refractivity contribution in [1.29, 1.82) is 5.26 Å². The first kappa shape index (κ1) is 20.4. The largest absolute Gasteiger partial charge is 0.450 e. The number of nitrogens with zero attached hydrogens (tertiary/aromatic N) is 3. The summed E-state index contributed by atoms with van der Waals surface area (Å²) in [7, 11) is 0. The van der Waals surface area contributed by atoms with Crippen molar-refractivity contribution in [2.24, 2.45) is 0 Å². The Kier molecular flexibility index (Phi) is 6.15. The zero-order valence-corrected chi connectivity index (χ0v) is 17.4. The number of nitriles is 1. The predicted octanol–water partition coefficient (Wildman–Crippen LogP) is 5.00. The molecule has 2 heterocycles. The van der Waals surface area contributed by atoms with E-state index in [1.807, 2.05) is 58.0 Å². The molecule has 1 aromatic carbocycles. The molecule has 7 heteroatoms. The van der Waals surface area contributed by atoms with Gasteiger partial charge in [0.2, 0.25) is 0 Å². The lowest BCUT2D eigenvalue weighted by atomic mass is 10.1. The van der Waals surface area contributed by atoms with E-state index < -0.39 is 5.91 Å². The third-order valence-electron chi connectivity index (χ3n) is 4.05. The Balaban J connectivity index is 1.76. The number of aryl methyl sites for hydroxylation is 4. The summed E-state index contributed by atoms with van der Waals surface area (Å²) in [5.41, 5.74) is 4.34. The highest BCUT2D eigenvalue weighted by molar-refractivity contribution is 7.99. The number of amides is 1. The van der Waals surface area contributed by atoms with Gasteiger partial charge in [-0.1, -0.05) is 12.1 Å². The molecular formula is C22H20N4O2S. The minimum Gasteiger partial charge on any atom is -0.450 e. The summed E-state index contributed by atoms with van der Waals surface area (Å²) in [6, 6.07) is 13.1. The first-order valence-corrected chi connectivity index (χ1v) is 9.76. The van der Waals surface area contributed by atoms with E-state index in [0.717, 1.165) is 22.5 Å². The van der Waals surface area contributed by atoms with Crippen molar-refractivity contribution in [3.63, 3.8) is 0 Å². The SMILES string of the molecule is Cc1ccc(C)c(NC(=O)/C(C#N)=C\c2ccc(Sc3nc(C)cc(C)n3)o2)c1. The third-order valence-corrected chi connectivity index (χ3v) is 4.83. The molecule has 146 valence electrons. The second kappa shape index (κ2) is 8.76. The zero-order chi connectivity index (χ0) is 21.0. The van der Waals surface area contributed by atoms with Crippen molar-refractivity contribution in [3.8, 4) is 6.07 Å². The minimum absolute atomic E-state index is 0.0422. The molecule has 6 nitrogen and oxygen atoms in total. The number of hydrogen-bond donors (Lipinski definition) is 1. The van der Waals surface area contributed by atoms with Gasteiger partial charge in [-0.3, -0.25) is 4.79 Å². The number of carbonyl (C=O) groups excluding carboxylic acids is 1. The average molecular weight is 404 g/mol. The highest BCUT2D eigenvalue weighted by Gasteiger charge is 2.13. The summed E-state index contributed by atoms with van der Waals surface area (Å²) in [5, 5.41) is 13.4. The van der Waals surface area contributed by atoms with Gasteiger partial charge in [0.15, 0.2) is 10.2 Å². The highest BCUT2D eigenvalue weighted by Crippen LogP contribution is 2.28. The number of rotatable bonds is 5. The molecule has 0 saturated carbocycles. The van der Waals surface area contributed by atoms with Crippen LogP contribution < -0.4 is 5.32 Å². The topological polar surface area (TPSA) is 91.8 Å². The number of aromatic nitrogens is 2. The van der Waals surface area contributed by atoms with E-state index in [1.165, 1.54) is 17.8 Å². The van der Waals surface area contributed by atoms with Crippen LogP contribution in [0.1, 0.15) is 28.3 Å². The smallest absolute Gasteiger partial charge is 0.266 e. The molecule has 0 aliphatic carbocycles. The normalized spacial score (nSPS) is 11.2. The lowest BCUT2D eigenvalue weighted by molar-refractivity contribution is -0.112. The molecule has 29 heavy (non-hydrogen) atoms. The van der Waals surface area contributed by atoms with Gasteiger partial charge in [0.25, 0.3) is 5.91 Å². The molecule has 0 unspecified atom stereocenters. The van der Waals surface area contributed by atoms with Crippen LogP contribution in [-0.2, 0) is 4.79 Å². The second-order valence-electron chi connectivity index (χ2n) is 6.63. The Morgan fingerprint density at radius 1 is 1.10 bits per heavy atom. The maximum atomic E-state index is 12.5. The van der Waals surface area contributed by atoms with E-state index >= 15 is 0 Å². The molecular weight excluding hydrogens is 384 g/mol. The summed E-state index contributed by atoms with van der Waals surface area (Å²) in [6.07, 6.45) is 1.42. The Hall–Kier alpha value is -3.37. The molecule has 3 aromatic rings. The minimum atomic E-state index is -0.482. The van der Waals surface area contributed by atoms with Gasteiger partial charge in [0.05, 0.1) is 0 Å². The number of furan rings is 1. The Morgan fingerprint density at radius 3 is 2.52 bits per heavy atom. The summed E-state index contributed by atoms with van der Waals surface area (Å²) in [4.78, 5) is 21.2. The van der Waals surface area contributed by atoms with Gasteiger partial charge in [0, 0.05) is 23.2 Å². The molecule has 0 radical (unpaired) electrons. The monoisotopic (exact) mass is 404 g/mol. The van der Waals surface area contributed by atoms with Crippen LogP contribution in [0, 0.1) is 39.0 Å². The highest BCUT2D eigenvalue weighted by atomic mass is 32.2. The number of nitrogens with one attached hydrogen (secondary N) is 1. The summed E-state index contributed by atoms with van der Waals surface area (Å²) < 4.78 is 5.72. The van der Waals surface area contributed by atoms with Gasteiger partial charge in [-0.15, -0.1) is 0 Å². The lowest BCUT2D eigenvalue weighted by Crippen LogP contribution is -2.14. The van der Waals surface area contributed by atoms with E-state index in [-0.39, 0.29) is 5.57 Å². The molecule has 0 spiro atoms. The quantitative estimate of drug-likeness (QED) is 0.365. The number of hydrogen-bond acceptors (Lipinski definition) is 6. The summed E-state index contributed by atoms with van der Waals surface area (Å²) in [6.45, 7) is 7.65. The van der Waals surface area contributed by atoms with E-state index in [9.17, 15) is 10.1 Å². The fourth-order valence-electron chi connectivity index (χ4n) is 2.65. The molecule has 0 fully saturated rings. The molecule has 2 aromatic heterocycles. The first-order valence-electron chi connectivity index (χ1n) is 8.94. The van der Waals surface area contributed by atoms with E-state index in [4.69, 9.17) is 4.42 Å². The molecule has 1 amide bonds. The maximum Gasteiger partial charge on any atom is 0.266 e. The van der Waals surface area contributed by atoms with Crippen molar-refractivity contribution in [2.45, 2.75) is 37.9 Å². The number of carbonyl (C=O) groups is 1. The fraction of sp³-hybridized carbons (Fsp3) is 0.182. The number of benzene rings is 1. The molecule has 0 aliphatic heterocycles. The first-order chi connectivity index (χ1) is 13.8. The second-order valence-corrected chi connectivity index (χ2v) is 7.61. The fourth-order valence-corrected chi connectivity index (χ4v) is 3.48. The van der Waals surface area contributed by atoms with Crippen LogP contribution in [0.15, 0.2) is 56.6 Å². The summed E-state index contributed by atoms with van der Waals surface area (Å²) in [5.74, 6) is -0.0750. The number of anilines is 1. The van der Waals surface area contributed by atoms with Gasteiger partial charge in [0.1, 0.15) is 17.4 Å². The molecule has 0 bridgehead atoms. The third kappa shape index (κ3) is 5.33. The van der Waals surface area contributed by atoms with Crippen LogP contribution >= 0.6 is 11.8 Å². The van der Waals surface area contributed by atoms with Crippen LogP contribution in [0.2, 0.25) is 0 Å². The van der Waals surface area contributed by atoms with Gasteiger partial charge >= 0.3 is 0 Å². The van der Waals surface area contributed by atoms with Crippen LogP contribution in [0.4, 0.5) is 5.69 Å². The molecule has 3 rings (SSSR count). The predicted molar refractivity (Wildman–Crippen MR) is 112 cm³/mol. The zero-order valence-electron chi connectivity index (χ0n) is 16.6. The molecule has 0 atom stereocenters. The Bertz CT molecular complexity index is 1120. The Morgan fingerprint density at radius 2 is 1.83 bits per heavy atom. The van der Waals surface area contributed by atoms with Crippen molar-refractivity contribution < 1.29 is 9.21 Å². The molecule has 1 N–H and O–H groups in total. The average Bonchev–Trinajstić information content (AvgIpc) is 3.08. The summed E-state index contributed by atoms with van der Waals surface area (Å²) >= 11 is 1.28. The molecule has 0 saturated heterocycles. The lowest BCUT2D eigenvalue weighted by Gasteiger charge is -2.08. The van der Waals surface area contributed by atoms with Crippen molar-refractivity contribution >= 4 is 29.4 Å². The molecule has 0 aliphatic rings. The maximum absolute atomic E-state index is 12.5. The van der Waals surface area contributed by atoms with Crippen molar-refractivity contribution in [3.05, 3.63) is 70.2 Å². The van der Waals surface area contributed by atoms with E-state index in [1.54, 1.807) is 12.1 Å². The van der Waals surface area contributed by atoms with Gasteiger partial charge in [-0.05, 0) is 74.8 Å². The van der Waals surface area contributed by atoms with E-state index in [0.29, 0.717) is 21.7 Å². The van der Waals surface area contributed by atoms with Crippen LogP contribution in [0.5, 0.6) is 0 Å². The van der Waals surface area contributed by atoms with Crippen LogP contribution in [0.3, 0.4) is 0 Å². The van der Waals surface area contributed by atoms with Crippen LogP contribution in [0.25, 0.3) is 6.08 Å².